The first-order valence-corrected chi connectivity index (χ1v) is 8.48. The summed E-state index contributed by atoms with van der Waals surface area (Å²) in [5.74, 6) is 0. The second-order valence-corrected chi connectivity index (χ2v) is 7.05. The summed E-state index contributed by atoms with van der Waals surface area (Å²) < 4.78 is 4.05. The summed E-state index contributed by atoms with van der Waals surface area (Å²) in [5.41, 5.74) is 1.77. The molecule has 0 amide bonds. The van der Waals surface area contributed by atoms with Gasteiger partial charge in [0.05, 0.1) is 17.1 Å². The molecule has 1 atom stereocenters. The van der Waals surface area contributed by atoms with Gasteiger partial charge in [0, 0.05) is 16.8 Å². The first-order valence-electron chi connectivity index (χ1n) is 6.94. The maximum Gasteiger partial charge on any atom is 0.207 e. The molecular weight excluding hydrogens is 375 g/mol. The Kier molecular flexibility index (Phi) is 4.94. The second-order valence-electron chi connectivity index (χ2n) is 5.40. The molecule has 0 saturated carbocycles. The molecule has 8 heteroatoms. The van der Waals surface area contributed by atoms with Crippen LogP contribution in [-0.4, -0.2) is 21.2 Å². The quantitative estimate of drug-likeness (QED) is 0.693. The van der Waals surface area contributed by atoms with Crippen LogP contribution in [0, 0.1) is 4.77 Å². The van der Waals surface area contributed by atoms with Crippen LogP contribution in [0.2, 0.25) is 15.1 Å². The normalized spacial score (nSPS) is 12.7. The van der Waals surface area contributed by atoms with Crippen molar-refractivity contribution in [3.63, 3.8) is 0 Å². The lowest BCUT2D eigenvalue weighted by molar-refractivity contribution is -0.917. The van der Waals surface area contributed by atoms with Crippen LogP contribution in [0.15, 0.2) is 36.5 Å². The number of nitrogens with zero attached hydrogens (tertiary/aromatic N) is 3. The predicted octanol–water partition coefficient (Wildman–Crippen LogP) is 3.50. The van der Waals surface area contributed by atoms with Gasteiger partial charge in [-0.1, -0.05) is 46.9 Å². The number of benzene rings is 1. The Morgan fingerprint density at radius 1 is 1.17 bits per heavy atom. The highest BCUT2D eigenvalue weighted by Gasteiger charge is 2.12. The van der Waals surface area contributed by atoms with Crippen molar-refractivity contribution < 1.29 is 4.90 Å². The second kappa shape index (κ2) is 6.79. The average molecular weight is 389 g/mol. The van der Waals surface area contributed by atoms with Crippen molar-refractivity contribution in [3.05, 3.63) is 61.9 Å². The van der Waals surface area contributed by atoms with E-state index in [4.69, 9.17) is 47.0 Å². The highest BCUT2D eigenvalue weighted by atomic mass is 35.5. The van der Waals surface area contributed by atoms with Gasteiger partial charge in [0.25, 0.3) is 0 Å². The van der Waals surface area contributed by atoms with Crippen LogP contribution in [0.3, 0.4) is 0 Å². The SMILES string of the molecule is C[NH+](Cc1cccc(Cl)c1)Cn1nc2c(Cl)cc(Cl)cn2c1=S. The van der Waals surface area contributed by atoms with Crippen LogP contribution < -0.4 is 4.90 Å². The van der Waals surface area contributed by atoms with Crippen molar-refractivity contribution in [3.8, 4) is 0 Å². The molecule has 1 aromatic carbocycles. The fraction of sp³-hybridized carbons (Fsp3) is 0.200. The van der Waals surface area contributed by atoms with Crippen LogP contribution in [0.1, 0.15) is 5.56 Å². The van der Waals surface area contributed by atoms with Gasteiger partial charge in [0.2, 0.25) is 4.77 Å². The number of nitrogens with one attached hydrogen (secondary N) is 1. The third-order valence-corrected chi connectivity index (χ3v) is 4.54. The van der Waals surface area contributed by atoms with Gasteiger partial charge in [-0.05, 0) is 30.4 Å². The first-order chi connectivity index (χ1) is 10.9. The molecule has 0 aliphatic heterocycles. The van der Waals surface area contributed by atoms with Gasteiger partial charge in [0.1, 0.15) is 6.54 Å². The molecular formula is C15H14Cl3N4S+. The summed E-state index contributed by atoms with van der Waals surface area (Å²) in [4.78, 5) is 1.22. The predicted molar refractivity (Wildman–Crippen MR) is 96.1 cm³/mol. The fourth-order valence-electron chi connectivity index (χ4n) is 2.46. The lowest BCUT2D eigenvalue weighted by Crippen LogP contribution is -3.07. The third kappa shape index (κ3) is 3.70. The van der Waals surface area contributed by atoms with E-state index in [1.54, 1.807) is 21.3 Å². The molecule has 0 saturated heterocycles. The van der Waals surface area contributed by atoms with Crippen LogP contribution in [0.5, 0.6) is 0 Å². The molecule has 3 aromatic rings. The summed E-state index contributed by atoms with van der Waals surface area (Å²) in [5, 5.41) is 6.23. The zero-order chi connectivity index (χ0) is 16.6. The largest absolute Gasteiger partial charge is 0.315 e. The number of hydrogen-bond acceptors (Lipinski definition) is 2. The fourth-order valence-corrected chi connectivity index (χ4v) is 3.42. The van der Waals surface area contributed by atoms with E-state index in [2.05, 4.69) is 18.2 Å². The molecule has 120 valence electrons. The summed E-state index contributed by atoms with van der Waals surface area (Å²) in [6.45, 7) is 1.42. The molecule has 3 rings (SSSR count). The maximum absolute atomic E-state index is 6.18. The Labute approximate surface area is 153 Å². The van der Waals surface area contributed by atoms with Crippen molar-refractivity contribution in [2.24, 2.45) is 0 Å². The molecule has 0 aliphatic rings. The molecule has 2 aromatic heterocycles. The highest BCUT2D eigenvalue weighted by molar-refractivity contribution is 7.71. The van der Waals surface area contributed by atoms with E-state index < -0.39 is 0 Å². The molecule has 0 fully saturated rings. The lowest BCUT2D eigenvalue weighted by Gasteiger charge is -2.13. The van der Waals surface area contributed by atoms with E-state index in [9.17, 15) is 0 Å². The van der Waals surface area contributed by atoms with Crippen molar-refractivity contribution in [1.29, 1.82) is 0 Å². The average Bonchev–Trinajstić information content (AvgIpc) is 2.76. The van der Waals surface area contributed by atoms with Crippen LogP contribution >= 0.6 is 47.0 Å². The third-order valence-electron chi connectivity index (χ3n) is 3.42. The van der Waals surface area contributed by atoms with E-state index in [0.717, 1.165) is 17.1 Å². The molecule has 1 N–H and O–H groups in total. The van der Waals surface area contributed by atoms with E-state index >= 15 is 0 Å². The minimum absolute atomic E-state index is 0.481. The summed E-state index contributed by atoms with van der Waals surface area (Å²) in [7, 11) is 2.07. The van der Waals surface area contributed by atoms with Gasteiger partial charge >= 0.3 is 0 Å². The highest BCUT2D eigenvalue weighted by Crippen LogP contribution is 2.21. The Morgan fingerprint density at radius 2 is 1.96 bits per heavy atom. The standard InChI is InChI=1S/C15H13Cl3N4S/c1-20(7-10-3-2-4-11(16)5-10)9-22-15(23)21-8-12(17)6-13(18)14(21)19-22/h2-6,8H,7,9H2,1H3/p+1. The number of rotatable bonds is 4. The van der Waals surface area contributed by atoms with Crippen LogP contribution in [0.4, 0.5) is 0 Å². The van der Waals surface area contributed by atoms with Crippen LogP contribution in [0.25, 0.3) is 5.65 Å². The van der Waals surface area contributed by atoms with Gasteiger partial charge in [-0.2, -0.15) is 4.68 Å². The van der Waals surface area contributed by atoms with Crippen molar-refractivity contribution in [1.82, 2.24) is 14.2 Å². The number of quaternary nitrogens is 1. The first kappa shape index (κ1) is 16.7. The van der Waals surface area contributed by atoms with Gasteiger partial charge in [0.15, 0.2) is 12.3 Å². The lowest BCUT2D eigenvalue weighted by atomic mass is 10.2. The molecule has 23 heavy (non-hydrogen) atoms. The van der Waals surface area contributed by atoms with Gasteiger partial charge < -0.3 is 4.90 Å². The van der Waals surface area contributed by atoms with E-state index in [1.165, 1.54) is 4.90 Å². The number of halogens is 3. The Bertz CT molecular complexity index is 919. The monoisotopic (exact) mass is 387 g/mol. The topological polar surface area (TPSA) is 26.7 Å². The number of pyridine rings is 1. The summed E-state index contributed by atoms with van der Waals surface area (Å²) in [6.07, 6.45) is 1.72. The summed E-state index contributed by atoms with van der Waals surface area (Å²) in [6, 6.07) is 9.49. The zero-order valence-electron chi connectivity index (χ0n) is 12.3. The molecule has 1 unspecified atom stereocenters. The molecule has 2 heterocycles. The number of fused-ring (bicyclic) bond motifs is 1. The van der Waals surface area contributed by atoms with Gasteiger partial charge in [-0.3, -0.25) is 4.40 Å². The Balaban J connectivity index is 1.85. The van der Waals surface area contributed by atoms with E-state index in [1.807, 2.05) is 18.2 Å². The van der Waals surface area contributed by atoms with E-state index in [-0.39, 0.29) is 0 Å². The van der Waals surface area contributed by atoms with Gasteiger partial charge in [-0.25, -0.2) is 0 Å². The van der Waals surface area contributed by atoms with Crippen LogP contribution in [-0.2, 0) is 13.2 Å². The Morgan fingerprint density at radius 3 is 2.70 bits per heavy atom. The summed E-state index contributed by atoms with van der Waals surface area (Å²) >= 11 is 23.7. The molecule has 0 aliphatic carbocycles. The Hall–Kier alpha value is -1.11. The molecule has 0 bridgehead atoms. The maximum atomic E-state index is 6.18. The minimum Gasteiger partial charge on any atom is -0.315 e. The van der Waals surface area contributed by atoms with Crippen molar-refractivity contribution >= 4 is 52.7 Å². The molecule has 0 radical (unpaired) electrons. The molecule has 4 nitrogen and oxygen atoms in total. The number of hydrogen-bond donors (Lipinski definition) is 1. The van der Waals surface area contributed by atoms with Gasteiger partial charge in [-0.15, -0.1) is 5.10 Å². The molecule has 0 spiro atoms. The van der Waals surface area contributed by atoms with Crippen molar-refractivity contribution in [2.75, 3.05) is 7.05 Å². The number of aromatic nitrogens is 3. The zero-order valence-corrected chi connectivity index (χ0v) is 15.3. The van der Waals surface area contributed by atoms with E-state index in [0.29, 0.717) is 27.1 Å². The minimum atomic E-state index is 0.481. The smallest absolute Gasteiger partial charge is 0.207 e. The van der Waals surface area contributed by atoms with Crippen molar-refractivity contribution in [2.45, 2.75) is 13.2 Å².